The third kappa shape index (κ3) is 3.81. The highest BCUT2D eigenvalue weighted by Gasteiger charge is 2.29. The summed E-state index contributed by atoms with van der Waals surface area (Å²) in [5.74, 6) is -0.354. The zero-order valence-corrected chi connectivity index (χ0v) is 11.6. The highest BCUT2D eigenvalue weighted by atomic mass is 16.3. The number of nitrogens with one attached hydrogen (secondary N) is 1. The number of hydrogen-bond donors (Lipinski definition) is 2. The number of carbonyl (C=O) groups is 2. The minimum Gasteiger partial charge on any atom is -0.390 e. The smallest absolute Gasteiger partial charge is 0.251 e. The van der Waals surface area contributed by atoms with Crippen molar-refractivity contribution in [1.82, 2.24) is 10.2 Å². The molecule has 1 aromatic rings. The minimum atomic E-state index is -0.677. The van der Waals surface area contributed by atoms with E-state index in [1.807, 2.05) is 6.07 Å². The summed E-state index contributed by atoms with van der Waals surface area (Å²) in [7, 11) is 0. The van der Waals surface area contributed by atoms with Crippen LogP contribution in [0.2, 0.25) is 0 Å². The maximum atomic E-state index is 12.0. The van der Waals surface area contributed by atoms with Crippen LogP contribution in [0.5, 0.6) is 0 Å². The minimum absolute atomic E-state index is 0.00410. The number of amides is 2. The van der Waals surface area contributed by atoms with Crippen molar-refractivity contribution < 1.29 is 14.7 Å². The first kappa shape index (κ1) is 14.5. The van der Waals surface area contributed by atoms with Gasteiger partial charge in [0.15, 0.2) is 0 Å². The number of nitrogens with zero attached hydrogens (tertiary/aromatic N) is 1. The standard InChI is InChI=1S/C15H20N2O3/c1-15(20)7-9-17(10-8-15)13(18)11-16-14(19)12-5-3-2-4-6-12/h2-6,20H,7-11H2,1H3,(H,16,19). The molecule has 0 aromatic heterocycles. The van der Waals surface area contributed by atoms with Gasteiger partial charge in [-0.3, -0.25) is 9.59 Å². The summed E-state index contributed by atoms with van der Waals surface area (Å²) in [4.78, 5) is 25.5. The third-order valence-electron chi connectivity index (χ3n) is 3.63. The van der Waals surface area contributed by atoms with E-state index >= 15 is 0 Å². The Labute approximate surface area is 118 Å². The summed E-state index contributed by atoms with van der Waals surface area (Å²) in [6.07, 6.45) is 1.15. The van der Waals surface area contributed by atoms with Crippen LogP contribution in [0.3, 0.4) is 0 Å². The van der Waals surface area contributed by atoms with E-state index in [-0.39, 0.29) is 18.4 Å². The Hall–Kier alpha value is -1.88. The monoisotopic (exact) mass is 276 g/mol. The van der Waals surface area contributed by atoms with E-state index in [0.717, 1.165) is 0 Å². The molecule has 108 valence electrons. The zero-order valence-electron chi connectivity index (χ0n) is 11.6. The van der Waals surface area contributed by atoms with Crippen molar-refractivity contribution in [3.8, 4) is 0 Å². The molecular formula is C15H20N2O3. The number of hydrogen-bond acceptors (Lipinski definition) is 3. The van der Waals surface area contributed by atoms with Crippen LogP contribution in [0.4, 0.5) is 0 Å². The Bertz CT molecular complexity index is 475. The molecule has 0 atom stereocenters. The topological polar surface area (TPSA) is 69.6 Å². The van der Waals surface area contributed by atoms with Crippen molar-refractivity contribution in [3.63, 3.8) is 0 Å². The molecule has 0 saturated carbocycles. The first-order chi connectivity index (χ1) is 9.48. The Balaban J connectivity index is 1.80. The van der Waals surface area contributed by atoms with E-state index < -0.39 is 5.60 Å². The van der Waals surface area contributed by atoms with Gasteiger partial charge in [-0.05, 0) is 31.9 Å². The van der Waals surface area contributed by atoms with Crippen molar-refractivity contribution in [2.24, 2.45) is 0 Å². The Morgan fingerprint density at radius 3 is 2.45 bits per heavy atom. The fourth-order valence-electron chi connectivity index (χ4n) is 2.20. The van der Waals surface area contributed by atoms with Crippen molar-refractivity contribution in [3.05, 3.63) is 35.9 Å². The highest BCUT2D eigenvalue weighted by Crippen LogP contribution is 2.20. The first-order valence-electron chi connectivity index (χ1n) is 6.81. The van der Waals surface area contributed by atoms with Gasteiger partial charge in [0.2, 0.25) is 5.91 Å². The van der Waals surface area contributed by atoms with Crippen molar-refractivity contribution in [2.45, 2.75) is 25.4 Å². The van der Waals surface area contributed by atoms with Crippen molar-refractivity contribution in [2.75, 3.05) is 19.6 Å². The largest absolute Gasteiger partial charge is 0.390 e. The molecule has 20 heavy (non-hydrogen) atoms. The van der Waals surface area contributed by atoms with Crippen LogP contribution >= 0.6 is 0 Å². The predicted molar refractivity (Wildman–Crippen MR) is 75.2 cm³/mol. The normalized spacial score (nSPS) is 17.6. The molecule has 1 aliphatic heterocycles. The molecule has 1 saturated heterocycles. The van der Waals surface area contributed by atoms with Crippen LogP contribution in [0.1, 0.15) is 30.1 Å². The molecule has 2 N–H and O–H groups in total. The maximum absolute atomic E-state index is 12.0. The molecule has 1 heterocycles. The lowest BCUT2D eigenvalue weighted by molar-refractivity contribution is -0.133. The zero-order chi connectivity index (χ0) is 14.6. The summed E-state index contributed by atoms with van der Waals surface area (Å²) in [5, 5.41) is 12.5. The van der Waals surface area contributed by atoms with Gasteiger partial charge < -0.3 is 15.3 Å². The number of benzene rings is 1. The second-order valence-corrected chi connectivity index (χ2v) is 5.43. The van der Waals surface area contributed by atoms with Crippen LogP contribution in [0, 0.1) is 0 Å². The van der Waals surface area contributed by atoms with Crippen LogP contribution < -0.4 is 5.32 Å². The maximum Gasteiger partial charge on any atom is 0.251 e. The van der Waals surface area contributed by atoms with Gasteiger partial charge in [0.25, 0.3) is 5.91 Å². The van der Waals surface area contributed by atoms with Gasteiger partial charge in [0, 0.05) is 18.7 Å². The van der Waals surface area contributed by atoms with E-state index in [1.54, 1.807) is 36.1 Å². The summed E-state index contributed by atoms with van der Waals surface area (Å²) < 4.78 is 0. The van der Waals surface area contributed by atoms with Gasteiger partial charge in [0.1, 0.15) is 0 Å². The average Bonchev–Trinajstić information content (AvgIpc) is 2.45. The highest BCUT2D eigenvalue weighted by molar-refractivity contribution is 5.96. The second kappa shape index (κ2) is 6.05. The summed E-state index contributed by atoms with van der Waals surface area (Å²) in [6, 6.07) is 8.81. The average molecular weight is 276 g/mol. The number of rotatable bonds is 3. The van der Waals surface area contributed by atoms with E-state index in [2.05, 4.69) is 5.32 Å². The van der Waals surface area contributed by atoms with Crippen LogP contribution in [-0.2, 0) is 4.79 Å². The van der Waals surface area contributed by atoms with Crippen LogP contribution in [-0.4, -0.2) is 47.1 Å². The van der Waals surface area contributed by atoms with Crippen molar-refractivity contribution in [1.29, 1.82) is 0 Å². The number of piperidine rings is 1. The van der Waals surface area contributed by atoms with Crippen molar-refractivity contribution >= 4 is 11.8 Å². The van der Waals surface area contributed by atoms with Gasteiger partial charge in [-0.25, -0.2) is 0 Å². The van der Waals surface area contributed by atoms with Gasteiger partial charge in [-0.15, -0.1) is 0 Å². The van der Waals surface area contributed by atoms with E-state index in [0.29, 0.717) is 31.5 Å². The molecule has 0 radical (unpaired) electrons. The lowest BCUT2D eigenvalue weighted by atomic mass is 9.94. The van der Waals surface area contributed by atoms with E-state index in [9.17, 15) is 14.7 Å². The lowest BCUT2D eigenvalue weighted by Gasteiger charge is -2.35. The van der Waals surface area contributed by atoms with Crippen LogP contribution in [0.25, 0.3) is 0 Å². The Morgan fingerprint density at radius 1 is 1.25 bits per heavy atom. The first-order valence-corrected chi connectivity index (χ1v) is 6.81. The lowest BCUT2D eigenvalue weighted by Crippen LogP contribution is -2.48. The van der Waals surface area contributed by atoms with Gasteiger partial charge >= 0.3 is 0 Å². The number of aliphatic hydroxyl groups is 1. The Morgan fingerprint density at radius 2 is 1.85 bits per heavy atom. The van der Waals surface area contributed by atoms with E-state index in [4.69, 9.17) is 0 Å². The molecule has 0 unspecified atom stereocenters. The third-order valence-corrected chi connectivity index (χ3v) is 3.63. The SMILES string of the molecule is CC1(O)CCN(C(=O)CNC(=O)c2ccccc2)CC1. The molecule has 5 heteroatoms. The second-order valence-electron chi connectivity index (χ2n) is 5.43. The van der Waals surface area contributed by atoms with E-state index in [1.165, 1.54) is 0 Å². The molecular weight excluding hydrogens is 256 g/mol. The fourth-order valence-corrected chi connectivity index (χ4v) is 2.20. The molecule has 0 aliphatic carbocycles. The van der Waals surface area contributed by atoms with Crippen LogP contribution in [0.15, 0.2) is 30.3 Å². The molecule has 2 rings (SSSR count). The summed E-state index contributed by atoms with van der Waals surface area (Å²) in [5.41, 5.74) is -0.133. The molecule has 0 bridgehead atoms. The predicted octanol–water partition coefficient (Wildman–Crippen LogP) is 0.790. The van der Waals surface area contributed by atoms with Gasteiger partial charge in [-0.1, -0.05) is 18.2 Å². The number of carbonyl (C=O) groups excluding carboxylic acids is 2. The number of likely N-dealkylation sites (tertiary alicyclic amines) is 1. The molecule has 2 amide bonds. The van der Waals surface area contributed by atoms with Gasteiger partial charge in [0.05, 0.1) is 12.1 Å². The quantitative estimate of drug-likeness (QED) is 0.857. The molecule has 1 aromatic carbocycles. The van der Waals surface area contributed by atoms with Gasteiger partial charge in [-0.2, -0.15) is 0 Å². The summed E-state index contributed by atoms with van der Waals surface area (Å²) >= 11 is 0. The fraction of sp³-hybridized carbons (Fsp3) is 0.467. The molecule has 0 spiro atoms. The molecule has 1 fully saturated rings. The molecule has 5 nitrogen and oxygen atoms in total. The summed E-state index contributed by atoms with van der Waals surface area (Å²) in [6.45, 7) is 2.85. The Kier molecular flexibility index (Phi) is 4.39. The molecule has 1 aliphatic rings.